The molecule has 3 aromatic rings. The third-order valence-electron chi connectivity index (χ3n) is 2.99. The largest absolute Gasteiger partial charge is 0.325 e. The highest BCUT2D eigenvalue weighted by molar-refractivity contribution is 6.03. The molecular weight excluding hydrogens is 286 g/mol. The van der Waals surface area contributed by atoms with Gasteiger partial charge in [-0.1, -0.05) is 0 Å². The lowest BCUT2D eigenvalue weighted by atomic mass is 10.2. The molecule has 0 spiro atoms. The minimum Gasteiger partial charge on any atom is -0.322 e. The molecule has 0 saturated heterocycles. The average Bonchev–Trinajstić information content (AvgIpc) is 3.02. The quantitative estimate of drug-likeness (QED) is 0.653. The van der Waals surface area contributed by atoms with Crippen LogP contribution in [-0.4, -0.2) is 25.4 Å². The summed E-state index contributed by atoms with van der Waals surface area (Å²) in [7, 11) is 0. The first-order valence-corrected chi connectivity index (χ1v) is 6.35. The second-order valence-electron chi connectivity index (χ2n) is 4.46. The summed E-state index contributed by atoms with van der Waals surface area (Å²) in [6.45, 7) is 0. The number of amides is 1. The fourth-order valence-corrected chi connectivity index (χ4v) is 1.91. The summed E-state index contributed by atoms with van der Waals surface area (Å²) in [5.74, 6) is -0.604. The number of H-pyrrole nitrogens is 2. The molecule has 3 N–H and O–H groups in total. The van der Waals surface area contributed by atoms with Crippen LogP contribution in [0.25, 0.3) is 5.69 Å². The first kappa shape index (κ1) is 13.6. The average molecular weight is 297 g/mol. The number of nitrogens with zero attached hydrogens (tertiary/aromatic N) is 2. The molecule has 1 amide bonds. The number of benzene rings is 1. The zero-order chi connectivity index (χ0) is 15.5. The van der Waals surface area contributed by atoms with E-state index >= 15 is 0 Å². The van der Waals surface area contributed by atoms with Crippen molar-refractivity contribution < 1.29 is 4.79 Å². The van der Waals surface area contributed by atoms with Crippen LogP contribution < -0.4 is 16.6 Å². The molecule has 0 saturated carbocycles. The number of aromatic nitrogens is 4. The van der Waals surface area contributed by atoms with E-state index in [4.69, 9.17) is 0 Å². The van der Waals surface area contributed by atoms with Crippen molar-refractivity contribution in [1.82, 2.24) is 19.5 Å². The van der Waals surface area contributed by atoms with Gasteiger partial charge in [-0.3, -0.25) is 14.6 Å². The molecule has 0 unspecified atom stereocenters. The molecule has 2 aromatic heterocycles. The Morgan fingerprint density at radius 3 is 2.59 bits per heavy atom. The molecule has 0 aliphatic carbocycles. The molecule has 8 heteroatoms. The fraction of sp³-hybridized carbons (Fsp3) is 0. The number of imidazole rings is 1. The van der Waals surface area contributed by atoms with Crippen LogP contribution >= 0.6 is 0 Å². The van der Waals surface area contributed by atoms with Gasteiger partial charge in [0.2, 0.25) is 0 Å². The summed E-state index contributed by atoms with van der Waals surface area (Å²) in [5.41, 5.74) is -0.155. The molecule has 110 valence electrons. The Hall–Kier alpha value is -3.42. The number of nitrogens with one attached hydrogen (secondary N) is 3. The molecule has 0 radical (unpaired) electrons. The van der Waals surface area contributed by atoms with Crippen LogP contribution in [0.5, 0.6) is 0 Å². The molecule has 3 rings (SSSR count). The minimum absolute atomic E-state index is 0.168. The normalized spacial score (nSPS) is 10.4. The monoisotopic (exact) mass is 297 g/mol. The molecule has 8 nitrogen and oxygen atoms in total. The topological polar surface area (TPSA) is 113 Å². The van der Waals surface area contributed by atoms with Crippen molar-refractivity contribution >= 4 is 11.6 Å². The van der Waals surface area contributed by atoms with Crippen LogP contribution in [0, 0.1) is 0 Å². The highest BCUT2D eigenvalue weighted by atomic mass is 16.2. The summed E-state index contributed by atoms with van der Waals surface area (Å²) in [6, 6.07) is 7.00. The van der Waals surface area contributed by atoms with E-state index in [1.807, 2.05) is 9.55 Å². The molecule has 2 heterocycles. The first-order chi connectivity index (χ1) is 10.6. The molecule has 0 atom stereocenters. The Balaban J connectivity index is 1.79. The van der Waals surface area contributed by atoms with E-state index in [-0.39, 0.29) is 5.56 Å². The predicted octanol–water partition coefficient (Wildman–Crippen LogP) is 0.501. The summed E-state index contributed by atoms with van der Waals surface area (Å²) in [5, 5.41) is 2.59. The lowest BCUT2D eigenvalue weighted by Crippen LogP contribution is -2.29. The van der Waals surface area contributed by atoms with E-state index in [2.05, 4.69) is 15.3 Å². The molecule has 0 bridgehead atoms. The number of aromatic amines is 2. The van der Waals surface area contributed by atoms with Crippen molar-refractivity contribution in [3.05, 3.63) is 75.6 Å². The van der Waals surface area contributed by atoms with Gasteiger partial charge in [-0.05, 0) is 24.3 Å². The minimum atomic E-state index is -0.740. The Labute approximate surface area is 123 Å². The van der Waals surface area contributed by atoms with Crippen LogP contribution in [-0.2, 0) is 0 Å². The molecule has 22 heavy (non-hydrogen) atoms. The van der Waals surface area contributed by atoms with E-state index in [9.17, 15) is 14.4 Å². The zero-order valence-electron chi connectivity index (χ0n) is 11.2. The van der Waals surface area contributed by atoms with Gasteiger partial charge in [0.15, 0.2) is 0 Å². The number of hydrogen-bond donors (Lipinski definition) is 3. The van der Waals surface area contributed by atoms with E-state index in [1.165, 1.54) is 0 Å². The van der Waals surface area contributed by atoms with Gasteiger partial charge < -0.3 is 14.9 Å². The van der Waals surface area contributed by atoms with Gasteiger partial charge in [0.1, 0.15) is 5.56 Å². The molecule has 0 fully saturated rings. The van der Waals surface area contributed by atoms with Gasteiger partial charge in [0.05, 0.1) is 6.33 Å². The summed E-state index contributed by atoms with van der Waals surface area (Å²) in [4.78, 5) is 42.6. The maximum Gasteiger partial charge on any atom is 0.325 e. The zero-order valence-corrected chi connectivity index (χ0v) is 11.2. The summed E-state index contributed by atoms with van der Waals surface area (Å²) in [6.07, 6.45) is 6.20. The second-order valence-corrected chi connectivity index (χ2v) is 4.46. The number of anilines is 1. The Morgan fingerprint density at radius 2 is 1.95 bits per heavy atom. The highest BCUT2D eigenvalue weighted by Gasteiger charge is 2.11. The number of carbonyl (C=O) groups excluding carboxylic acids is 1. The smallest absolute Gasteiger partial charge is 0.322 e. The van der Waals surface area contributed by atoms with Crippen molar-refractivity contribution in [1.29, 1.82) is 0 Å². The highest BCUT2D eigenvalue weighted by Crippen LogP contribution is 2.13. The molecule has 0 aliphatic heterocycles. The molecule has 1 aromatic carbocycles. The number of rotatable bonds is 3. The van der Waals surface area contributed by atoms with Crippen LogP contribution in [0.3, 0.4) is 0 Å². The van der Waals surface area contributed by atoms with Crippen LogP contribution in [0.4, 0.5) is 5.69 Å². The Bertz CT molecular complexity index is 907. The van der Waals surface area contributed by atoms with Gasteiger partial charge in [-0.25, -0.2) is 9.78 Å². The Morgan fingerprint density at radius 1 is 1.18 bits per heavy atom. The summed E-state index contributed by atoms with van der Waals surface area (Å²) >= 11 is 0. The van der Waals surface area contributed by atoms with Gasteiger partial charge >= 0.3 is 5.69 Å². The van der Waals surface area contributed by atoms with Gasteiger partial charge in [-0.2, -0.15) is 0 Å². The van der Waals surface area contributed by atoms with Crippen molar-refractivity contribution in [3.63, 3.8) is 0 Å². The maximum absolute atomic E-state index is 12.0. The van der Waals surface area contributed by atoms with E-state index in [0.717, 1.165) is 11.9 Å². The van der Waals surface area contributed by atoms with E-state index < -0.39 is 17.2 Å². The van der Waals surface area contributed by atoms with Crippen molar-refractivity contribution in [2.75, 3.05) is 5.32 Å². The second kappa shape index (κ2) is 5.52. The predicted molar refractivity (Wildman–Crippen MR) is 79.2 cm³/mol. The third kappa shape index (κ3) is 2.70. The van der Waals surface area contributed by atoms with Crippen molar-refractivity contribution in [3.8, 4) is 5.69 Å². The van der Waals surface area contributed by atoms with E-state index in [0.29, 0.717) is 5.69 Å². The number of carbonyl (C=O) groups is 1. The lowest BCUT2D eigenvalue weighted by Gasteiger charge is -2.06. The van der Waals surface area contributed by atoms with E-state index in [1.54, 1.807) is 43.0 Å². The lowest BCUT2D eigenvalue weighted by molar-refractivity contribution is 0.102. The molecular formula is C14H11N5O3. The number of hydrogen-bond acceptors (Lipinski definition) is 4. The van der Waals surface area contributed by atoms with Crippen LogP contribution in [0.1, 0.15) is 10.4 Å². The van der Waals surface area contributed by atoms with Gasteiger partial charge in [0, 0.05) is 30.0 Å². The summed E-state index contributed by atoms with van der Waals surface area (Å²) < 4.78 is 1.82. The van der Waals surface area contributed by atoms with Crippen LogP contribution in [0.2, 0.25) is 0 Å². The third-order valence-corrected chi connectivity index (χ3v) is 2.99. The maximum atomic E-state index is 12.0. The standard InChI is InChI=1S/C14H11N5O3/c20-12(11-7-16-14(22)18-13(11)21)17-9-1-3-10(4-2-9)19-6-5-15-8-19/h1-8H,(H,17,20)(H2,16,18,21,22). The van der Waals surface area contributed by atoms with Crippen molar-refractivity contribution in [2.24, 2.45) is 0 Å². The fourth-order valence-electron chi connectivity index (χ4n) is 1.91. The van der Waals surface area contributed by atoms with Gasteiger partial charge in [0.25, 0.3) is 11.5 Å². The SMILES string of the molecule is O=C(Nc1ccc(-n2ccnc2)cc1)c1c[nH]c(=O)[nH]c1=O. The Kier molecular flexibility index (Phi) is 3.40. The van der Waals surface area contributed by atoms with Gasteiger partial charge in [-0.15, -0.1) is 0 Å². The first-order valence-electron chi connectivity index (χ1n) is 6.35. The van der Waals surface area contributed by atoms with Crippen molar-refractivity contribution in [2.45, 2.75) is 0 Å². The van der Waals surface area contributed by atoms with Crippen LogP contribution in [0.15, 0.2) is 58.8 Å². The molecule has 0 aliphatic rings.